The number of nitrogens with zero attached hydrogens (tertiary/aromatic N) is 1. The standard InChI is InChI=1S/C25H30N2O2/c1-29-24-13-6-5-10-20(24)18-27-22-11-7-12-23(27)17-21(16-22)26-25(28)15-14-19-8-3-2-4-9-19/h2-6,8-10,13-15,21-23H,7,11-12,16-18H2,1H3,(H,26,28)/b15-14+. The molecule has 0 saturated carbocycles. The number of nitrogens with one attached hydrogen (secondary N) is 1. The molecular formula is C25H30N2O2. The molecule has 1 N–H and O–H groups in total. The van der Waals surface area contributed by atoms with Crippen molar-refractivity contribution in [3.05, 3.63) is 71.8 Å². The van der Waals surface area contributed by atoms with Gasteiger partial charge in [-0.1, -0.05) is 55.0 Å². The number of para-hydroxylation sites is 1. The molecule has 2 aliphatic heterocycles. The number of hydrogen-bond acceptors (Lipinski definition) is 3. The van der Waals surface area contributed by atoms with E-state index in [4.69, 9.17) is 4.74 Å². The Bertz CT molecular complexity index is 835. The number of carbonyl (C=O) groups is 1. The van der Waals surface area contributed by atoms with Gasteiger partial charge in [0.25, 0.3) is 0 Å². The molecule has 2 unspecified atom stereocenters. The number of ether oxygens (including phenoxy) is 1. The third-order valence-electron chi connectivity index (χ3n) is 6.24. The van der Waals surface area contributed by atoms with Gasteiger partial charge in [0.2, 0.25) is 5.91 Å². The highest BCUT2D eigenvalue weighted by Gasteiger charge is 2.38. The van der Waals surface area contributed by atoms with Crippen LogP contribution in [0.1, 0.15) is 43.2 Å². The smallest absolute Gasteiger partial charge is 0.244 e. The molecule has 0 radical (unpaired) electrons. The third-order valence-corrected chi connectivity index (χ3v) is 6.24. The molecule has 0 spiro atoms. The Morgan fingerprint density at radius 1 is 1.07 bits per heavy atom. The lowest BCUT2D eigenvalue weighted by molar-refractivity contribution is -0.118. The molecule has 2 atom stereocenters. The predicted octanol–water partition coefficient (Wildman–Crippen LogP) is 4.41. The minimum absolute atomic E-state index is 0.00936. The van der Waals surface area contributed by atoms with Crippen molar-refractivity contribution < 1.29 is 9.53 Å². The Morgan fingerprint density at radius 3 is 2.48 bits per heavy atom. The molecule has 2 heterocycles. The first kappa shape index (κ1) is 19.7. The summed E-state index contributed by atoms with van der Waals surface area (Å²) in [4.78, 5) is 15.1. The number of fused-ring (bicyclic) bond motifs is 2. The van der Waals surface area contributed by atoms with Crippen LogP contribution in [-0.4, -0.2) is 36.0 Å². The number of piperidine rings is 2. The van der Waals surface area contributed by atoms with E-state index in [-0.39, 0.29) is 11.9 Å². The van der Waals surface area contributed by atoms with E-state index >= 15 is 0 Å². The first-order valence-corrected chi connectivity index (χ1v) is 10.6. The maximum Gasteiger partial charge on any atom is 0.244 e. The molecular weight excluding hydrogens is 360 g/mol. The van der Waals surface area contributed by atoms with Crippen molar-refractivity contribution in [2.24, 2.45) is 0 Å². The number of carbonyl (C=O) groups excluding carboxylic acids is 1. The highest BCUT2D eigenvalue weighted by Crippen LogP contribution is 2.36. The van der Waals surface area contributed by atoms with Crippen LogP contribution in [0.5, 0.6) is 5.75 Å². The molecule has 4 nitrogen and oxygen atoms in total. The Balaban J connectivity index is 1.38. The van der Waals surface area contributed by atoms with E-state index in [1.54, 1.807) is 13.2 Å². The van der Waals surface area contributed by atoms with Crippen molar-refractivity contribution in [3.63, 3.8) is 0 Å². The summed E-state index contributed by atoms with van der Waals surface area (Å²) in [5, 5.41) is 3.25. The molecule has 2 fully saturated rings. The van der Waals surface area contributed by atoms with Gasteiger partial charge >= 0.3 is 0 Å². The van der Waals surface area contributed by atoms with E-state index in [0.29, 0.717) is 12.1 Å². The fourth-order valence-electron chi connectivity index (χ4n) is 4.87. The summed E-state index contributed by atoms with van der Waals surface area (Å²) >= 11 is 0. The number of hydrogen-bond donors (Lipinski definition) is 1. The van der Waals surface area contributed by atoms with E-state index in [2.05, 4.69) is 22.3 Å². The van der Waals surface area contributed by atoms with Gasteiger partial charge in [-0.2, -0.15) is 0 Å². The first-order valence-electron chi connectivity index (χ1n) is 10.6. The van der Waals surface area contributed by atoms with Crippen LogP contribution in [0.3, 0.4) is 0 Å². The summed E-state index contributed by atoms with van der Waals surface area (Å²) < 4.78 is 5.55. The van der Waals surface area contributed by atoms with Crippen LogP contribution in [0.25, 0.3) is 6.08 Å². The van der Waals surface area contributed by atoms with Crippen molar-refractivity contribution >= 4 is 12.0 Å². The summed E-state index contributed by atoms with van der Waals surface area (Å²) in [5.41, 5.74) is 2.30. The zero-order valence-corrected chi connectivity index (χ0v) is 17.1. The van der Waals surface area contributed by atoms with Gasteiger partial charge in [0.15, 0.2) is 0 Å². The monoisotopic (exact) mass is 390 g/mol. The number of amides is 1. The molecule has 4 rings (SSSR count). The van der Waals surface area contributed by atoms with Crippen LogP contribution in [0, 0.1) is 0 Å². The molecule has 152 valence electrons. The quantitative estimate of drug-likeness (QED) is 0.743. The topological polar surface area (TPSA) is 41.6 Å². The van der Waals surface area contributed by atoms with Crippen molar-refractivity contribution in [1.29, 1.82) is 0 Å². The lowest BCUT2D eigenvalue weighted by Gasteiger charge is -2.49. The molecule has 2 aliphatic rings. The molecule has 0 aliphatic carbocycles. The lowest BCUT2D eigenvalue weighted by Crippen LogP contribution is -2.56. The molecule has 29 heavy (non-hydrogen) atoms. The molecule has 1 amide bonds. The normalized spacial score (nSPS) is 24.4. The predicted molar refractivity (Wildman–Crippen MR) is 117 cm³/mol. The van der Waals surface area contributed by atoms with Crippen LogP contribution in [0.4, 0.5) is 0 Å². The molecule has 2 saturated heterocycles. The highest BCUT2D eigenvalue weighted by atomic mass is 16.5. The van der Waals surface area contributed by atoms with Gasteiger partial charge in [0.05, 0.1) is 7.11 Å². The third kappa shape index (κ3) is 4.88. The summed E-state index contributed by atoms with van der Waals surface area (Å²) in [6, 6.07) is 19.6. The molecule has 4 heteroatoms. The minimum Gasteiger partial charge on any atom is -0.496 e. The van der Waals surface area contributed by atoms with Gasteiger partial charge in [0, 0.05) is 36.3 Å². The van der Waals surface area contributed by atoms with E-state index in [9.17, 15) is 4.79 Å². The van der Waals surface area contributed by atoms with Crippen LogP contribution >= 0.6 is 0 Å². The average molecular weight is 391 g/mol. The lowest BCUT2D eigenvalue weighted by atomic mass is 9.81. The van der Waals surface area contributed by atoms with Gasteiger partial charge in [-0.25, -0.2) is 0 Å². The summed E-state index contributed by atoms with van der Waals surface area (Å²) in [7, 11) is 1.74. The number of rotatable bonds is 6. The maximum atomic E-state index is 12.4. The van der Waals surface area contributed by atoms with Crippen molar-refractivity contribution in [2.45, 2.75) is 56.8 Å². The Morgan fingerprint density at radius 2 is 1.76 bits per heavy atom. The van der Waals surface area contributed by atoms with E-state index in [1.165, 1.54) is 24.8 Å². The summed E-state index contributed by atoms with van der Waals surface area (Å²) in [5.74, 6) is 0.974. The highest BCUT2D eigenvalue weighted by molar-refractivity contribution is 5.91. The second kappa shape index (κ2) is 9.27. The Labute approximate surface area is 173 Å². The first-order chi connectivity index (χ1) is 14.2. The Kier molecular flexibility index (Phi) is 6.30. The van der Waals surface area contributed by atoms with Gasteiger partial charge in [-0.3, -0.25) is 9.69 Å². The van der Waals surface area contributed by atoms with E-state index in [0.717, 1.165) is 30.7 Å². The van der Waals surface area contributed by atoms with Gasteiger partial charge in [0.1, 0.15) is 5.75 Å². The molecule has 2 bridgehead atoms. The van der Waals surface area contributed by atoms with Crippen LogP contribution in [0.15, 0.2) is 60.7 Å². The van der Waals surface area contributed by atoms with E-state index in [1.807, 2.05) is 48.5 Å². The van der Waals surface area contributed by atoms with Gasteiger partial charge < -0.3 is 10.1 Å². The maximum absolute atomic E-state index is 12.4. The van der Waals surface area contributed by atoms with Crippen LogP contribution < -0.4 is 10.1 Å². The van der Waals surface area contributed by atoms with Gasteiger partial charge in [-0.15, -0.1) is 0 Å². The number of benzene rings is 2. The summed E-state index contributed by atoms with van der Waals surface area (Å²) in [6.45, 7) is 0.925. The SMILES string of the molecule is COc1ccccc1CN1C2CCCC1CC(NC(=O)/C=C/c1ccccc1)C2. The number of methoxy groups -OCH3 is 1. The average Bonchev–Trinajstić information content (AvgIpc) is 2.74. The summed E-state index contributed by atoms with van der Waals surface area (Å²) in [6.07, 6.45) is 9.29. The largest absolute Gasteiger partial charge is 0.496 e. The van der Waals surface area contributed by atoms with Crippen molar-refractivity contribution in [2.75, 3.05) is 7.11 Å². The van der Waals surface area contributed by atoms with Crippen molar-refractivity contribution in [1.82, 2.24) is 10.2 Å². The van der Waals surface area contributed by atoms with Gasteiger partial charge in [-0.05, 0) is 43.4 Å². The molecule has 0 aromatic heterocycles. The second-order valence-corrected chi connectivity index (χ2v) is 8.14. The molecule has 2 aromatic carbocycles. The van der Waals surface area contributed by atoms with Crippen LogP contribution in [-0.2, 0) is 11.3 Å². The minimum atomic E-state index is 0.00936. The zero-order chi connectivity index (χ0) is 20.1. The fraction of sp³-hybridized carbons (Fsp3) is 0.400. The van der Waals surface area contributed by atoms with Crippen molar-refractivity contribution in [3.8, 4) is 5.75 Å². The van der Waals surface area contributed by atoms with E-state index < -0.39 is 0 Å². The fourth-order valence-corrected chi connectivity index (χ4v) is 4.87. The Hall–Kier alpha value is -2.59. The molecule has 2 aromatic rings. The second-order valence-electron chi connectivity index (χ2n) is 8.14. The zero-order valence-electron chi connectivity index (χ0n) is 17.1. The van der Waals surface area contributed by atoms with Crippen LogP contribution in [0.2, 0.25) is 0 Å².